The van der Waals surface area contributed by atoms with Gasteiger partial charge >= 0.3 is 0 Å². The highest BCUT2D eigenvalue weighted by Gasteiger charge is 2.13. The van der Waals surface area contributed by atoms with Crippen LogP contribution in [0.3, 0.4) is 0 Å². The molecule has 0 saturated heterocycles. The van der Waals surface area contributed by atoms with Crippen LogP contribution in [0, 0.1) is 5.82 Å². The predicted molar refractivity (Wildman–Crippen MR) is 51.8 cm³/mol. The topological polar surface area (TPSA) is 18.5 Å². The van der Waals surface area contributed by atoms with Crippen molar-refractivity contribution in [1.29, 1.82) is 0 Å². The molecule has 2 nitrogen and oxygen atoms in total. The maximum absolute atomic E-state index is 13.4. The van der Waals surface area contributed by atoms with E-state index in [1.54, 1.807) is 19.1 Å². The molecular formula is C9H10BrFO2. The van der Waals surface area contributed by atoms with E-state index in [0.29, 0.717) is 16.8 Å². The average Bonchev–Trinajstić information content (AvgIpc) is 2.14. The minimum absolute atomic E-state index is 0.152. The standard InChI is InChI=1S/C9H10BrFO2/c1-3-13-9-7(12-2)5-4-6(10)8(9)11/h4-5H,3H2,1-2H3. The number of methoxy groups -OCH3 is 1. The molecule has 0 heterocycles. The fraction of sp³-hybridized carbons (Fsp3) is 0.333. The molecule has 0 atom stereocenters. The Morgan fingerprint density at radius 2 is 2.15 bits per heavy atom. The molecule has 0 saturated carbocycles. The molecule has 13 heavy (non-hydrogen) atoms. The first-order valence-corrected chi connectivity index (χ1v) is 4.64. The minimum Gasteiger partial charge on any atom is -0.493 e. The monoisotopic (exact) mass is 248 g/mol. The van der Waals surface area contributed by atoms with Gasteiger partial charge in [0, 0.05) is 0 Å². The van der Waals surface area contributed by atoms with Crippen molar-refractivity contribution in [3.8, 4) is 11.5 Å². The fourth-order valence-electron chi connectivity index (χ4n) is 0.954. The molecule has 0 fully saturated rings. The Morgan fingerprint density at radius 1 is 1.46 bits per heavy atom. The van der Waals surface area contributed by atoms with Crippen LogP contribution in [-0.2, 0) is 0 Å². The summed E-state index contributed by atoms with van der Waals surface area (Å²) in [5.74, 6) is 0.128. The zero-order chi connectivity index (χ0) is 9.84. The molecule has 0 unspecified atom stereocenters. The summed E-state index contributed by atoms with van der Waals surface area (Å²) < 4.78 is 23.8. The summed E-state index contributed by atoms with van der Waals surface area (Å²) in [6, 6.07) is 3.23. The summed E-state index contributed by atoms with van der Waals surface area (Å²) in [4.78, 5) is 0. The molecule has 72 valence electrons. The highest BCUT2D eigenvalue weighted by molar-refractivity contribution is 9.10. The molecule has 1 rings (SSSR count). The van der Waals surface area contributed by atoms with Gasteiger partial charge in [-0.1, -0.05) is 0 Å². The number of ether oxygens (including phenoxy) is 2. The van der Waals surface area contributed by atoms with Gasteiger partial charge < -0.3 is 9.47 Å². The number of halogens is 2. The third-order valence-electron chi connectivity index (χ3n) is 1.52. The van der Waals surface area contributed by atoms with Crippen molar-refractivity contribution in [2.75, 3.05) is 13.7 Å². The highest BCUT2D eigenvalue weighted by atomic mass is 79.9. The zero-order valence-electron chi connectivity index (χ0n) is 7.43. The number of rotatable bonds is 3. The van der Waals surface area contributed by atoms with Gasteiger partial charge in [0.2, 0.25) is 0 Å². The van der Waals surface area contributed by atoms with Gasteiger partial charge in [0.1, 0.15) is 0 Å². The van der Waals surface area contributed by atoms with Crippen LogP contribution in [0.15, 0.2) is 16.6 Å². The van der Waals surface area contributed by atoms with Gasteiger partial charge in [0.05, 0.1) is 18.2 Å². The molecule has 1 aromatic carbocycles. The largest absolute Gasteiger partial charge is 0.493 e. The Morgan fingerprint density at radius 3 is 2.69 bits per heavy atom. The molecule has 0 aromatic heterocycles. The summed E-state index contributed by atoms with van der Waals surface area (Å²) in [5.41, 5.74) is 0. The van der Waals surface area contributed by atoms with Gasteiger partial charge in [-0.25, -0.2) is 4.39 Å². The zero-order valence-corrected chi connectivity index (χ0v) is 9.02. The SMILES string of the molecule is CCOc1c(OC)ccc(Br)c1F. The van der Waals surface area contributed by atoms with Crippen molar-refractivity contribution in [3.05, 3.63) is 22.4 Å². The molecule has 0 amide bonds. The Labute approximate surface area is 84.8 Å². The first-order chi connectivity index (χ1) is 6.20. The minimum atomic E-state index is -0.429. The molecule has 0 aliphatic heterocycles. The van der Waals surface area contributed by atoms with Crippen LogP contribution < -0.4 is 9.47 Å². The van der Waals surface area contributed by atoms with Crippen molar-refractivity contribution in [3.63, 3.8) is 0 Å². The Bertz CT molecular complexity index is 302. The van der Waals surface area contributed by atoms with Gasteiger partial charge in [0.25, 0.3) is 0 Å². The van der Waals surface area contributed by atoms with E-state index in [2.05, 4.69) is 15.9 Å². The molecule has 0 bridgehead atoms. The van der Waals surface area contributed by atoms with Crippen molar-refractivity contribution in [1.82, 2.24) is 0 Å². The van der Waals surface area contributed by atoms with Gasteiger partial charge in [-0.3, -0.25) is 0 Å². The smallest absolute Gasteiger partial charge is 0.198 e. The Balaban J connectivity index is 3.15. The number of hydrogen-bond donors (Lipinski definition) is 0. The highest BCUT2D eigenvalue weighted by Crippen LogP contribution is 2.34. The first kappa shape index (κ1) is 10.3. The lowest BCUT2D eigenvalue weighted by molar-refractivity contribution is 0.294. The summed E-state index contributed by atoms with van der Waals surface area (Å²) in [6.07, 6.45) is 0. The van der Waals surface area contributed by atoms with Gasteiger partial charge in [-0.2, -0.15) is 0 Å². The van der Waals surface area contributed by atoms with Gasteiger partial charge in [-0.05, 0) is 35.0 Å². The molecular weight excluding hydrogens is 239 g/mol. The maximum atomic E-state index is 13.4. The van der Waals surface area contributed by atoms with Crippen LogP contribution in [0.5, 0.6) is 11.5 Å². The second kappa shape index (κ2) is 4.46. The van der Waals surface area contributed by atoms with Gasteiger partial charge in [0.15, 0.2) is 17.3 Å². The van der Waals surface area contributed by atoms with Crippen LogP contribution in [0.2, 0.25) is 0 Å². The van der Waals surface area contributed by atoms with E-state index in [0.717, 1.165) is 0 Å². The Hall–Kier alpha value is -0.770. The van der Waals surface area contributed by atoms with Crippen molar-refractivity contribution < 1.29 is 13.9 Å². The van der Waals surface area contributed by atoms with E-state index in [4.69, 9.17) is 9.47 Å². The molecule has 1 aromatic rings. The molecule has 0 spiro atoms. The van der Waals surface area contributed by atoms with E-state index in [1.165, 1.54) is 7.11 Å². The lowest BCUT2D eigenvalue weighted by Gasteiger charge is -2.10. The van der Waals surface area contributed by atoms with Gasteiger partial charge in [-0.15, -0.1) is 0 Å². The fourth-order valence-corrected chi connectivity index (χ4v) is 1.27. The third kappa shape index (κ3) is 2.12. The van der Waals surface area contributed by atoms with E-state index >= 15 is 0 Å². The average molecular weight is 249 g/mol. The number of benzene rings is 1. The molecule has 0 radical (unpaired) electrons. The second-order valence-electron chi connectivity index (χ2n) is 2.33. The van der Waals surface area contributed by atoms with Crippen LogP contribution in [0.25, 0.3) is 0 Å². The normalized spacial score (nSPS) is 9.85. The van der Waals surface area contributed by atoms with E-state index < -0.39 is 5.82 Å². The third-order valence-corrected chi connectivity index (χ3v) is 2.13. The molecule has 0 aliphatic carbocycles. The van der Waals surface area contributed by atoms with Crippen molar-refractivity contribution in [2.45, 2.75) is 6.92 Å². The Kier molecular flexibility index (Phi) is 3.54. The van der Waals surface area contributed by atoms with Crippen LogP contribution in [0.4, 0.5) is 4.39 Å². The predicted octanol–water partition coefficient (Wildman–Crippen LogP) is 3.00. The second-order valence-corrected chi connectivity index (χ2v) is 3.18. The maximum Gasteiger partial charge on any atom is 0.198 e. The lowest BCUT2D eigenvalue weighted by Crippen LogP contribution is -1.98. The number of hydrogen-bond acceptors (Lipinski definition) is 2. The van der Waals surface area contributed by atoms with Crippen molar-refractivity contribution >= 4 is 15.9 Å². The first-order valence-electron chi connectivity index (χ1n) is 3.85. The van der Waals surface area contributed by atoms with E-state index in [9.17, 15) is 4.39 Å². The van der Waals surface area contributed by atoms with Crippen LogP contribution in [0.1, 0.15) is 6.92 Å². The molecule has 4 heteroatoms. The van der Waals surface area contributed by atoms with E-state index in [1.807, 2.05) is 0 Å². The molecule has 0 aliphatic rings. The summed E-state index contributed by atoms with van der Waals surface area (Å²) in [7, 11) is 1.48. The lowest BCUT2D eigenvalue weighted by atomic mass is 10.3. The summed E-state index contributed by atoms with van der Waals surface area (Å²) in [5, 5.41) is 0. The van der Waals surface area contributed by atoms with Crippen LogP contribution in [-0.4, -0.2) is 13.7 Å². The quantitative estimate of drug-likeness (QED) is 0.819. The summed E-state index contributed by atoms with van der Waals surface area (Å²) >= 11 is 3.07. The molecule has 0 N–H and O–H groups in total. The van der Waals surface area contributed by atoms with Crippen molar-refractivity contribution in [2.24, 2.45) is 0 Å². The van der Waals surface area contributed by atoms with Crippen LogP contribution >= 0.6 is 15.9 Å². The summed E-state index contributed by atoms with van der Waals surface area (Å²) in [6.45, 7) is 2.20. The van der Waals surface area contributed by atoms with E-state index in [-0.39, 0.29) is 5.75 Å².